The Balaban J connectivity index is 2.03. The number of esters is 1. The van der Waals surface area contributed by atoms with Crippen molar-refractivity contribution in [3.05, 3.63) is 60.2 Å². The monoisotopic (exact) mass is 306 g/mol. The Bertz CT molecular complexity index is 851. The van der Waals surface area contributed by atoms with E-state index in [4.69, 9.17) is 4.74 Å². The van der Waals surface area contributed by atoms with Crippen LogP contribution < -0.4 is 0 Å². The Hall–Kier alpha value is -2.35. The fourth-order valence-electron chi connectivity index (χ4n) is 2.87. The second-order valence-electron chi connectivity index (χ2n) is 6.16. The summed E-state index contributed by atoms with van der Waals surface area (Å²) in [6, 6.07) is 18.9. The van der Waals surface area contributed by atoms with Gasteiger partial charge in [0.1, 0.15) is 6.10 Å². The summed E-state index contributed by atoms with van der Waals surface area (Å²) in [6.45, 7) is 5.86. The van der Waals surface area contributed by atoms with Crippen molar-refractivity contribution in [1.29, 1.82) is 0 Å². The molecule has 0 spiro atoms. The summed E-state index contributed by atoms with van der Waals surface area (Å²) < 4.78 is 5.67. The highest BCUT2D eigenvalue weighted by Crippen LogP contribution is 2.30. The van der Waals surface area contributed by atoms with Crippen LogP contribution in [0.15, 0.2) is 54.6 Å². The Morgan fingerprint density at radius 1 is 0.957 bits per heavy atom. The number of ether oxygens (including phenoxy) is 1. The van der Waals surface area contributed by atoms with Gasteiger partial charge in [0.15, 0.2) is 0 Å². The van der Waals surface area contributed by atoms with Crippen molar-refractivity contribution in [1.82, 2.24) is 0 Å². The van der Waals surface area contributed by atoms with E-state index >= 15 is 0 Å². The van der Waals surface area contributed by atoms with Crippen LogP contribution in [-0.4, -0.2) is 5.97 Å². The van der Waals surface area contributed by atoms with Crippen molar-refractivity contribution in [2.45, 2.75) is 33.3 Å². The van der Waals surface area contributed by atoms with Crippen LogP contribution >= 0.6 is 0 Å². The summed E-state index contributed by atoms with van der Waals surface area (Å²) >= 11 is 0. The lowest BCUT2D eigenvalue weighted by molar-refractivity contribution is -0.153. The topological polar surface area (TPSA) is 26.3 Å². The Labute approximate surface area is 137 Å². The highest BCUT2D eigenvalue weighted by atomic mass is 16.5. The minimum Gasteiger partial charge on any atom is -0.458 e. The van der Waals surface area contributed by atoms with Gasteiger partial charge in [0, 0.05) is 0 Å². The van der Waals surface area contributed by atoms with Crippen LogP contribution in [0.5, 0.6) is 0 Å². The molecule has 118 valence electrons. The zero-order valence-electron chi connectivity index (χ0n) is 13.9. The molecule has 2 unspecified atom stereocenters. The zero-order valence-corrected chi connectivity index (χ0v) is 13.9. The molecule has 2 nitrogen and oxygen atoms in total. The molecule has 0 amide bonds. The molecule has 0 radical (unpaired) electrons. The third-order valence-corrected chi connectivity index (χ3v) is 4.53. The van der Waals surface area contributed by atoms with E-state index in [-0.39, 0.29) is 18.0 Å². The molecule has 3 aromatic carbocycles. The fraction of sp³-hybridized carbons (Fsp3) is 0.286. The van der Waals surface area contributed by atoms with Crippen LogP contribution in [0.1, 0.15) is 38.9 Å². The first-order valence-corrected chi connectivity index (χ1v) is 8.22. The largest absolute Gasteiger partial charge is 0.458 e. The fourth-order valence-corrected chi connectivity index (χ4v) is 2.87. The highest BCUT2D eigenvalue weighted by molar-refractivity contribution is 5.99. The SMILES string of the molecule is CCC(C)C(=O)OC(C)c1cccc2cc3ccccc3cc12. The minimum atomic E-state index is -0.249. The van der Waals surface area contributed by atoms with Crippen molar-refractivity contribution < 1.29 is 9.53 Å². The molecule has 3 rings (SSSR count). The van der Waals surface area contributed by atoms with Crippen molar-refractivity contribution in [2.24, 2.45) is 5.92 Å². The maximum Gasteiger partial charge on any atom is 0.309 e. The van der Waals surface area contributed by atoms with Gasteiger partial charge in [0.2, 0.25) is 0 Å². The van der Waals surface area contributed by atoms with E-state index in [0.717, 1.165) is 17.4 Å². The van der Waals surface area contributed by atoms with Crippen LogP contribution in [0.3, 0.4) is 0 Å². The first-order chi connectivity index (χ1) is 11.1. The molecule has 3 aromatic rings. The average molecular weight is 306 g/mol. The van der Waals surface area contributed by atoms with Gasteiger partial charge in [0.05, 0.1) is 5.92 Å². The lowest BCUT2D eigenvalue weighted by atomic mass is 9.97. The summed E-state index contributed by atoms with van der Waals surface area (Å²) in [4.78, 5) is 12.1. The van der Waals surface area contributed by atoms with Gasteiger partial charge in [-0.25, -0.2) is 0 Å². The highest BCUT2D eigenvalue weighted by Gasteiger charge is 2.18. The van der Waals surface area contributed by atoms with Crippen LogP contribution in [0.25, 0.3) is 21.5 Å². The van der Waals surface area contributed by atoms with Crippen LogP contribution in [0.2, 0.25) is 0 Å². The van der Waals surface area contributed by atoms with E-state index in [1.807, 2.05) is 39.0 Å². The van der Waals surface area contributed by atoms with Crippen LogP contribution in [0, 0.1) is 5.92 Å². The normalized spacial score (nSPS) is 13.9. The lowest BCUT2D eigenvalue weighted by Crippen LogP contribution is -2.16. The second-order valence-corrected chi connectivity index (χ2v) is 6.16. The average Bonchev–Trinajstić information content (AvgIpc) is 2.58. The molecule has 0 fully saturated rings. The van der Waals surface area contributed by atoms with E-state index in [1.54, 1.807) is 0 Å². The summed E-state index contributed by atoms with van der Waals surface area (Å²) in [5.74, 6) is -0.189. The predicted molar refractivity (Wildman–Crippen MR) is 95.4 cm³/mol. The van der Waals surface area contributed by atoms with Crippen LogP contribution in [0.4, 0.5) is 0 Å². The first kappa shape index (κ1) is 15.5. The molecule has 0 aliphatic carbocycles. The molecule has 23 heavy (non-hydrogen) atoms. The Kier molecular flexibility index (Phi) is 4.33. The summed E-state index contributed by atoms with van der Waals surface area (Å²) in [5, 5.41) is 4.75. The molecule has 2 heteroatoms. The van der Waals surface area contributed by atoms with Crippen molar-refractivity contribution in [3.63, 3.8) is 0 Å². The predicted octanol–water partition coefficient (Wildman–Crippen LogP) is 5.64. The van der Waals surface area contributed by atoms with Gasteiger partial charge in [-0.1, -0.05) is 56.3 Å². The van der Waals surface area contributed by atoms with Gasteiger partial charge >= 0.3 is 5.97 Å². The molecule has 0 aliphatic heterocycles. The van der Waals surface area contributed by atoms with Crippen molar-refractivity contribution >= 4 is 27.5 Å². The zero-order chi connectivity index (χ0) is 16.4. The number of hydrogen-bond donors (Lipinski definition) is 0. The number of rotatable bonds is 4. The Morgan fingerprint density at radius 2 is 1.61 bits per heavy atom. The Morgan fingerprint density at radius 3 is 2.30 bits per heavy atom. The molecule has 0 bridgehead atoms. The summed E-state index contributed by atoms with van der Waals surface area (Å²) in [7, 11) is 0. The molecular formula is C21H22O2. The van der Waals surface area contributed by atoms with E-state index in [0.29, 0.717) is 0 Å². The summed E-state index contributed by atoms with van der Waals surface area (Å²) in [5.41, 5.74) is 1.06. The van der Waals surface area contributed by atoms with E-state index in [9.17, 15) is 4.79 Å². The number of fused-ring (bicyclic) bond motifs is 2. The molecule has 0 aromatic heterocycles. The van der Waals surface area contributed by atoms with Gasteiger partial charge in [-0.3, -0.25) is 4.79 Å². The molecule has 0 heterocycles. The van der Waals surface area contributed by atoms with Gasteiger partial charge in [-0.2, -0.15) is 0 Å². The molecule has 0 saturated carbocycles. The maximum absolute atomic E-state index is 12.1. The van der Waals surface area contributed by atoms with Gasteiger partial charge in [-0.15, -0.1) is 0 Å². The van der Waals surface area contributed by atoms with Gasteiger partial charge in [0.25, 0.3) is 0 Å². The molecular weight excluding hydrogens is 284 g/mol. The quantitative estimate of drug-likeness (QED) is 0.460. The summed E-state index contributed by atoms with van der Waals surface area (Å²) in [6.07, 6.45) is 0.549. The van der Waals surface area contributed by atoms with Crippen molar-refractivity contribution in [3.8, 4) is 0 Å². The number of benzene rings is 3. The van der Waals surface area contributed by atoms with Gasteiger partial charge < -0.3 is 4.74 Å². The van der Waals surface area contributed by atoms with Crippen molar-refractivity contribution in [2.75, 3.05) is 0 Å². The van der Waals surface area contributed by atoms with Gasteiger partial charge in [-0.05, 0) is 52.6 Å². The first-order valence-electron chi connectivity index (χ1n) is 8.22. The molecule has 0 aliphatic rings. The smallest absolute Gasteiger partial charge is 0.309 e. The molecule has 0 saturated heterocycles. The standard InChI is InChI=1S/C21H22O2/c1-4-14(2)21(22)23-15(3)19-11-7-10-18-12-16-8-5-6-9-17(16)13-20(18)19/h5-15H,4H2,1-3H3. The maximum atomic E-state index is 12.1. The number of hydrogen-bond acceptors (Lipinski definition) is 2. The third-order valence-electron chi connectivity index (χ3n) is 4.53. The van der Waals surface area contributed by atoms with Crippen LogP contribution in [-0.2, 0) is 9.53 Å². The molecule has 2 atom stereocenters. The number of carbonyl (C=O) groups is 1. The number of carbonyl (C=O) groups excluding carboxylic acids is 1. The molecule has 0 N–H and O–H groups in total. The van der Waals surface area contributed by atoms with E-state index < -0.39 is 0 Å². The minimum absolute atomic E-state index is 0.0618. The third kappa shape index (κ3) is 3.07. The van der Waals surface area contributed by atoms with E-state index in [1.165, 1.54) is 16.2 Å². The second kappa shape index (κ2) is 6.41. The lowest BCUT2D eigenvalue weighted by Gasteiger charge is -2.18. The van der Waals surface area contributed by atoms with E-state index in [2.05, 4.69) is 36.4 Å².